The van der Waals surface area contributed by atoms with Crippen LogP contribution in [0.15, 0.2) is 12.3 Å². The number of rotatable bonds is 3. The standard InChI is InChI=1S/C14H20N2O3S2/c1-14(2,3)13-15-8-11(20-13)4-5-12(17)16-10-6-7-21(18,19)9-10/h4-5,8,10H,6-7,9H2,1-3H3,(H,16,17). The SMILES string of the molecule is CC(C)(C)c1ncc(C=CC(=O)NC2CCS(=O)(=O)C2)s1. The predicted octanol–water partition coefficient (Wildman–Crippen LogP) is 1.76. The van der Waals surface area contributed by atoms with Crippen LogP contribution in [-0.4, -0.2) is 36.9 Å². The molecule has 2 rings (SSSR count). The number of thiazole rings is 1. The Morgan fingerprint density at radius 1 is 1.48 bits per heavy atom. The number of amides is 1. The lowest BCUT2D eigenvalue weighted by Crippen LogP contribution is -2.34. The number of hydrogen-bond donors (Lipinski definition) is 1. The summed E-state index contributed by atoms with van der Waals surface area (Å²) in [5, 5.41) is 3.74. The molecule has 2 heterocycles. The highest BCUT2D eigenvalue weighted by Gasteiger charge is 2.28. The van der Waals surface area contributed by atoms with E-state index in [4.69, 9.17) is 0 Å². The topological polar surface area (TPSA) is 76.1 Å². The molecule has 1 aliphatic rings. The van der Waals surface area contributed by atoms with Crippen molar-refractivity contribution in [2.24, 2.45) is 0 Å². The average molecular weight is 328 g/mol. The molecule has 116 valence electrons. The zero-order valence-electron chi connectivity index (χ0n) is 12.4. The van der Waals surface area contributed by atoms with Gasteiger partial charge >= 0.3 is 0 Å². The zero-order valence-corrected chi connectivity index (χ0v) is 14.1. The van der Waals surface area contributed by atoms with E-state index in [1.165, 1.54) is 6.08 Å². The molecule has 1 saturated heterocycles. The third-order valence-electron chi connectivity index (χ3n) is 3.14. The first-order valence-electron chi connectivity index (χ1n) is 6.81. The van der Waals surface area contributed by atoms with Crippen LogP contribution in [0.2, 0.25) is 0 Å². The first kappa shape index (κ1) is 16.2. The Morgan fingerprint density at radius 3 is 2.71 bits per heavy atom. The Kier molecular flexibility index (Phi) is 4.53. The zero-order chi connectivity index (χ0) is 15.7. The van der Waals surface area contributed by atoms with Crippen molar-refractivity contribution in [3.63, 3.8) is 0 Å². The molecule has 7 heteroatoms. The quantitative estimate of drug-likeness (QED) is 0.858. The van der Waals surface area contributed by atoms with Crippen LogP contribution in [0.25, 0.3) is 6.08 Å². The average Bonchev–Trinajstić information content (AvgIpc) is 2.93. The second-order valence-electron chi connectivity index (χ2n) is 6.26. The highest BCUT2D eigenvalue weighted by molar-refractivity contribution is 7.91. The molecule has 1 unspecified atom stereocenters. The molecule has 1 amide bonds. The summed E-state index contributed by atoms with van der Waals surface area (Å²) in [4.78, 5) is 17.0. The number of hydrogen-bond acceptors (Lipinski definition) is 5. The second kappa shape index (κ2) is 5.88. The van der Waals surface area contributed by atoms with Crippen molar-refractivity contribution in [1.82, 2.24) is 10.3 Å². The molecule has 1 aromatic rings. The number of carbonyl (C=O) groups is 1. The molecule has 0 aliphatic carbocycles. The lowest BCUT2D eigenvalue weighted by atomic mass is 9.98. The third kappa shape index (κ3) is 4.64. The van der Waals surface area contributed by atoms with E-state index in [2.05, 4.69) is 31.1 Å². The third-order valence-corrected chi connectivity index (χ3v) is 6.30. The molecule has 5 nitrogen and oxygen atoms in total. The lowest BCUT2D eigenvalue weighted by molar-refractivity contribution is -0.116. The Labute approximate surface area is 129 Å². The van der Waals surface area contributed by atoms with Crippen molar-refractivity contribution in [3.05, 3.63) is 22.2 Å². The van der Waals surface area contributed by atoms with E-state index in [0.717, 1.165) is 9.88 Å². The van der Waals surface area contributed by atoms with Gasteiger partial charge in [0.15, 0.2) is 9.84 Å². The van der Waals surface area contributed by atoms with Crippen LogP contribution in [0.1, 0.15) is 37.1 Å². The maximum atomic E-state index is 11.8. The van der Waals surface area contributed by atoms with Gasteiger partial charge in [-0.15, -0.1) is 11.3 Å². The van der Waals surface area contributed by atoms with Gasteiger partial charge in [-0.2, -0.15) is 0 Å². The summed E-state index contributed by atoms with van der Waals surface area (Å²) in [6, 6.07) is -0.265. The van der Waals surface area contributed by atoms with Crippen LogP contribution in [0.3, 0.4) is 0 Å². The van der Waals surface area contributed by atoms with Crippen molar-refractivity contribution in [2.45, 2.75) is 38.6 Å². The highest BCUT2D eigenvalue weighted by atomic mass is 32.2. The van der Waals surface area contributed by atoms with E-state index < -0.39 is 9.84 Å². The van der Waals surface area contributed by atoms with Crippen molar-refractivity contribution in [2.75, 3.05) is 11.5 Å². The van der Waals surface area contributed by atoms with E-state index in [1.54, 1.807) is 23.6 Å². The molecular formula is C14H20N2O3S2. The molecule has 1 N–H and O–H groups in total. The molecule has 1 atom stereocenters. The maximum Gasteiger partial charge on any atom is 0.244 e. The van der Waals surface area contributed by atoms with Crippen LogP contribution in [-0.2, 0) is 20.0 Å². The van der Waals surface area contributed by atoms with Gasteiger partial charge in [0, 0.05) is 28.6 Å². The molecule has 1 aromatic heterocycles. The van der Waals surface area contributed by atoms with Gasteiger partial charge in [-0.3, -0.25) is 4.79 Å². The van der Waals surface area contributed by atoms with Crippen molar-refractivity contribution >= 4 is 33.2 Å². The number of nitrogens with zero attached hydrogens (tertiary/aromatic N) is 1. The summed E-state index contributed by atoms with van der Waals surface area (Å²) in [7, 11) is -2.97. The minimum absolute atomic E-state index is 0.00276. The highest BCUT2D eigenvalue weighted by Crippen LogP contribution is 2.27. The van der Waals surface area contributed by atoms with E-state index in [9.17, 15) is 13.2 Å². The van der Waals surface area contributed by atoms with Crippen LogP contribution >= 0.6 is 11.3 Å². The molecule has 0 saturated carbocycles. The normalized spacial score (nSPS) is 21.8. The Balaban J connectivity index is 1.92. The number of aromatic nitrogens is 1. The summed E-state index contributed by atoms with van der Waals surface area (Å²) in [5.41, 5.74) is -0.00276. The van der Waals surface area contributed by atoms with Crippen LogP contribution < -0.4 is 5.32 Å². The van der Waals surface area contributed by atoms with Crippen molar-refractivity contribution in [3.8, 4) is 0 Å². The number of sulfone groups is 1. The minimum atomic E-state index is -2.97. The second-order valence-corrected chi connectivity index (χ2v) is 9.55. The largest absolute Gasteiger partial charge is 0.349 e. The molecule has 21 heavy (non-hydrogen) atoms. The molecule has 0 aromatic carbocycles. The van der Waals surface area contributed by atoms with E-state index in [1.807, 2.05) is 0 Å². The Morgan fingerprint density at radius 2 is 2.19 bits per heavy atom. The predicted molar refractivity (Wildman–Crippen MR) is 85.0 cm³/mol. The maximum absolute atomic E-state index is 11.8. The smallest absolute Gasteiger partial charge is 0.244 e. The van der Waals surface area contributed by atoms with Gasteiger partial charge in [0.05, 0.1) is 16.5 Å². The monoisotopic (exact) mass is 328 g/mol. The van der Waals surface area contributed by atoms with Gasteiger partial charge in [-0.1, -0.05) is 20.8 Å². The summed E-state index contributed by atoms with van der Waals surface area (Å²) >= 11 is 1.55. The summed E-state index contributed by atoms with van der Waals surface area (Å²) in [6.07, 6.45) is 5.39. The molecule has 1 fully saturated rings. The van der Waals surface area contributed by atoms with Crippen LogP contribution in [0, 0.1) is 0 Å². The van der Waals surface area contributed by atoms with Gasteiger partial charge in [0.2, 0.25) is 5.91 Å². The van der Waals surface area contributed by atoms with E-state index in [0.29, 0.717) is 6.42 Å². The first-order chi connectivity index (χ1) is 9.66. The van der Waals surface area contributed by atoms with Crippen molar-refractivity contribution in [1.29, 1.82) is 0 Å². The van der Waals surface area contributed by atoms with E-state index >= 15 is 0 Å². The fraction of sp³-hybridized carbons (Fsp3) is 0.571. The molecule has 1 aliphatic heterocycles. The van der Waals surface area contributed by atoms with Crippen LogP contribution in [0.4, 0.5) is 0 Å². The summed E-state index contributed by atoms with van der Waals surface area (Å²) in [5.74, 6) is -0.0601. The van der Waals surface area contributed by atoms with Gasteiger partial charge < -0.3 is 5.32 Å². The fourth-order valence-electron chi connectivity index (χ4n) is 2.03. The summed E-state index contributed by atoms with van der Waals surface area (Å²) in [6.45, 7) is 6.27. The molecule has 0 bridgehead atoms. The van der Waals surface area contributed by atoms with E-state index in [-0.39, 0.29) is 28.9 Å². The van der Waals surface area contributed by atoms with Gasteiger partial charge in [-0.05, 0) is 12.5 Å². The van der Waals surface area contributed by atoms with Crippen LogP contribution in [0.5, 0.6) is 0 Å². The number of nitrogens with one attached hydrogen (secondary N) is 1. The molecule has 0 spiro atoms. The Hall–Kier alpha value is -1.21. The fourth-order valence-corrected chi connectivity index (χ4v) is 4.58. The number of carbonyl (C=O) groups excluding carboxylic acids is 1. The van der Waals surface area contributed by atoms with Gasteiger partial charge in [-0.25, -0.2) is 13.4 Å². The lowest BCUT2D eigenvalue weighted by Gasteiger charge is -2.13. The molecular weight excluding hydrogens is 308 g/mol. The first-order valence-corrected chi connectivity index (χ1v) is 9.45. The van der Waals surface area contributed by atoms with Gasteiger partial charge in [0.25, 0.3) is 0 Å². The Bertz CT molecular complexity index is 654. The van der Waals surface area contributed by atoms with Crippen molar-refractivity contribution < 1.29 is 13.2 Å². The minimum Gasteiger partial charge on any atom is -0.349 e. The van der Waals surface area contributed by atoms with Gasteiger partial charge in [0.1, 0.15) is 0 Å². The molecule has 0 radical (unpaired) electrons. The summed E-state index contributed by atoms with van der Waals surface area (Å²) < 4.78 is 22.6.